The van der Waals surface area contributed by atoms with Crippen molar-refractivity contribution < 1.29 is 29.2 Å². The van der Waals surface area contributed by atoms with Gasteiger partial charge >= 0.3 is 12.1 Å². The lowest BCUT2D eigenvalue weighted by Gasteiger charge is -2.38. The molecule has 3 fully saturated rings. The fraction of sp³-hybridized carbons (Fsp3) is 0.526. The number of carbonyl (C=O) groups is 3. The summed E-state index contributed by atoms with van der Waals surface area (Å²) in [6.45, 7) is 1.29. The van der Waals surface area contributed by atoms with Gasteiger partial charge in [0.15, 0.2) is 0 Å². The van der Waals surface area contributed by atoms with Crippen LogP contribution >= 0.6 is 0 Å². The van der Waals surface area contributed by atoms with Crippen LogP contribution in [0.5, 0.6) is 0 Å². The highest BCUT2D eigenvalue weighted by atomic mass is 16.7. The van der Waals surface area contributed by atoms with Gasteiger partial charge in [0.1, 0.15) is 12.6 Å². The third-order valence-electron chi connectivity index (χ3n) is 5.68. The number of urea groups is 1. The second kappa shape index (κ2) is 8.26. The van der Waals surface area contributed by atoms with E-state index in [2.05, 4.69) is 5.48 Å². The third kappa shape index (κ3) is 3.99. The van der Waals surface area contributed by atoms with E-state index in [0.29, 0.717) is 39.0 Å². The maximum Gasteiger partial charge on any atom is 0.407 e. The van der Waals surface area contributed by atoms with Gasteiger partial charge in [-0.3, -0.25) is 14.5 Å². The Labute approximate surface area is 167 Å². The summed E-state index contributed by atoms with van der Waals surface area (Å²) in [6, 6.07) is 8.31. The first-order valence-corrected chi connectivity index (χ1v) is 9.72. The molecular formula is C19H24N4O6. The molecule has 4 amide bonds. The Morgan fingerprint density at radius 1 is 1.17 bits per heavy atom. The summed E-state index contributed by atoms with van der Waals surface area (Å²) < 4.78 is 0. The van der Waals surface area contributed by atoms with Crippen molar-refractivity contribution >= 4 is 18.0 Å². The van der Waals surface area contributed by atoms with Gasteiger partial charge in [-0.2, -0.15) is 5.06 Å². The fourth-order valence-corrected chi connectivity index (χ4v) is 3.93. The largest absolute Gasteiger partial charge is 0.465 e. The molecule has 0 aliphatic carbocycles. The molecule has 1 aromatic carbocycles. The molecule has 3 heterocycles. The van der Waals surface area contributed by atoms with E-state index in [4.69, 9.17) is 14.8 Å². The molecule has 29 heavy (non-hydrogen) atoms. The number of rotatable bonds is 7. The van der Waals surface area contributed by atoms with Crippen LogP contribution in [0.2, 0.25) is 0 Å². The zero-order valence-corrected chi connectivity index (χ0v) is 15.9. The lowest BCUT2D eigenvalue weighted by molar-refractivity contribution is -0.142. The number of fused-ring (bicyclic) bond motifs is 2. The van der Waals surface area contributed by atoms with Crippen LogP contribution in [-0.4, -0.2) is 75.8 Å². The zero-order chi connectivity index (χ0) is 20.4. The molecule has 3 atom stereocenters. The molecule has 0 unspecified atom stereocenters. The van der Waals surface area contributed by atoms with Gasteiger partial charge in [-0.05, 0) is 24.8 Å². The van der Waals surface area contributed by atoms with Crippen LogP contribution in [0.3, 0.4) is 0 Å². The minimum Gasteiger partial charge on any atom is -0.465 e. The first-order valence-electron chi connectivity index (χ1n) is 9.72. The molecule has 1 aromatic rings. The quantitative estimate of drug-likeness (QED) is 0.661. The molecule has 2 bridgehead atoms. The molecule has 0 spiro atoms. The summed E-state index contributed by atoms with van der Waals surface area (Å²) in [5.74, 6) is -0.400. The van der Waals surface area contributed by atoms with Gasteiger partial charge in [-0.25, -0.2) is 15.1 Å². The molecular weight excluding hydrogens is 380 g/mol. The highest BCUT2D eigenvalue weighted by Gasteiger charge is 2.48. The number of nitrogens with zero attached hydrogens (tertiary/aromatic N) is 3. The summed E-state index contributed by atoms with van der Waals surface area (Å²) >= 11 is 0. The van der Waals surface area contributed by atoms with Gasteiger partial charge in [0.05, 0.1) is 18.7 Å². The molecule has 3 aliphatic rings. The van der Waals surface area contributed by atoms with Gasteiger partial charge in [0.25, 0.3) is 5.91 Å². The van der Waals surface area contributed by atoms with Gasteiger partial charge in [0, 0.05) is 13.1 Å². The average molecular weight is 404 g/mol. The molecule has 2 N–H and O–H groups in total. The predicted octanol–water partition coefficient (Wildman–Crippen LogP) is 1.19. The number of carboxylic acid groups (broad SMARTS) is 1. The third-order valence-corrected chi connectivity index (χ3v) is 5.68. The summed E-state index contributed by atoms with van der Waals surface area (Å²) in [5.41, 5.74) is 3.34. The van der Waals surface area contributed by atoms with Crippen molar-refractivity contribution in [3.8, 4) is 0 Å². The minimum absolute atomic E-state index is 0.0738. The molecule has 156 valence electrons. The molecule has 4 rings (SSSR count). The van der Waals surface area contributed by atoms with Gasteiger partial charge in [0.2, 0.25) is 0 Å². The summed E-state index contributed by atoms with van der Waals surface area (Å²) in [7, 11) is 0. The van der Waals surface area contributed by atoms with E-state index in [0.717, 1.165) is 5.56 Å². The predicted molar refractivity (Wildman–Crippen MR) is 99.2 cm³/mol. The van der Waals surface area contributed by atoms with Crippen molar-refractivity contribution in [2.75, 3.05) is 19.7 Å². The Morgan fingerprint density at radius 2 is 1.97 bits per heavy atom. The van der Waals surface area contributed by atoms with E-state index in [1.54, 1.807) is 0 Å². The monoisotopic (exact) mass is 404 g/mol. The highest BCUT2D eigenvalue weighted by molar-refractivity contribution is 5.88. The van der Waals surface area contributed by atoms with Crippen LogP contribution < -0.4 is 5.48 Å². The van der Waals surface area contributed by atoms with Crippen LogP contribution in [0.15, 0.2) is 30.3 Å². The lowest BCUT2D eigenvalue weighted by atomic mass is 10.0. The number of benzene rings is 1. The molecule has 10 heteroatoms. The second-order valence-corrected chi connectivity index (χ2v) is 7.46. The first kappa shape index (κ1) is 19.5. The number of piperidine rings is 1. The van der Waals surface area contributed by atoms with Crippen molar-refractivity contribution in [2.45, 2.75) is 44.0 Å². The number of likely N-dealkylation sites (tertiary alicyclic amines) is 1. The van der Waals surface area contributed by atoms with Gasteiger partial charge < -0.3 is 14.9 Å². The van der Waals surface area contributed by atoms with Gasteiger partial charge in [-0.15, -0.1) is 0 Å². The van der Waals surface area contributed by atoms with Crippen molar-refractivity contribution in [1.82, 2.24) is 20.3 Å². The second-order valence-electron chi connectivity index (χ2n) is 7.46. The van der Waals surface area contributed by atoms with E-state index in [1.165, 1.54) is 14.9 Å². The van der Waals surface area contributed by atoms with Crippen LogP contribution in [0.25, 0.3) is 0 Å². The van der Waals surface area contributed by atoms with E-state index < -0.39 is 18.0 Å². The number of hydrogen-bond acceptors (Lipinski definition) is 5. The Morgan fingerprint density at radius 3 is 2.66 bits per heavy atom. The number of hydroxylamine groups is 3. The van der Waals surface area contributed by atoms with Crippen molar-refractivity contribution in [2.24, 2.45) is 0 Å². The van der Waals surface area contributed by atoms with E-state index >= 15 is 0 Å². The van der Waals surface area contributed by atoms with E-state index in [9.17, 15) is 14.4 Å². The molecule has 0 saturated carbocycles. The van der Waals surface area contributed by atoms with Crippen LogP contribution in [0, 0.1) is 0 Å². The summed E-state index contributed by atoms with van der Waals surface area (Å²) in [6.07, 6.45) is 0.880. The minimum atomic E-state index is -0.993. The normalized spacial score (nSPS) is 25.7. The lowest BCUT2D eigenvalue weighted by Crippen LogP contribution is -2.54. The topological polar surface area (TPSA) is 112 Å². The molecule has 0 radical (unpaired) electrons. The smallest absolute Gasteiger partial charge is 0.407 e. The fourth-order valence-electron chi connectivity index (χ4n) is 3.93. The number of hydrogen-bond donors (Lipinski definition) is 2. The van der Waals surface area contributed by atoms with Crippen molar-refractivity contribution in [3.05, 3.63) is 35.9 Å². The number of carbonyl (C=O) groups excluding carboxylic acids is 2. The molecule has 3 aliphatic heterocycles. The molecule has 0 aromatic heterocycles. The maximum absolute atomic E-state index is 12.7. The summed E-state index contributed by atoms with van der Waals surface area (Å²) in [4.78, 5) is 49.9. The SMILES string of the molecule is O=C(NOC[C@@H]1CCN1C(=O)O)[C@@H]1CC[C@@H]2CN1C(=O)N2OCc1ccccc1. The Bertz CT molecular complexity index is 775. The van der Waals surface area contributed by atoms with E-state index in [-0.39, 0.29) is 24.7 Å². The van der Waals surface area contributed by atoms with Crippen molar-refractivity contribution in [3.63, 3.8) is 0 Å². The Kier molecular flexibility index (Phi) is 5.54. The number of nitrogens with one attached hydrogen (secondary N) is 1. The van der Waals surface area contributed by atoms with Crippen molar-refractivity contribution in [1.29, 1.82) is 0 Å². The Balaban J connectivity index is 1.26. The van der Waals surface area contributed by atoms with Crippen LogP contribution in [0.4, 0.5) is 9.59 Å². The number of amides is 4. The van der Waals surface area contributed by atoms with Gasteiger partial charge in [-0.1, -0.05) is 30.3 Å². The first-order chi connectivity index (χ1) is 14.0. The maximum atomic E-state index is 12.7. The van der Waals surface area contributed by atoms with E-state index in [1.807, 2.05) is 30.3 Å². The molecule has 3 saturated heterocycles. The summed E-state index contributed by atoms with van der Waals surface area (Å²) in [5, 5.41) is 10.4. The van der Waals surface area contributed by atoms with Crippen LogP contribution in [0.1, 0.15) is 24.8 Å². The zero-order valence-electron chi connectivity index (χ0n) is 15.9. The highest BCUT2D eigenvalue weighted by Crippen LogP contribution is 2.30. The Hall–Kier alpha value is -2.85. The van der Waals surface area contributed by atoms with Crippen LogP contribution in [-0.2, 0) is 21.1 Å². The average Bonchev–Trinajstić information content (AvgIpc) is 2.93. The molecule has 10 nitrogen and oxygen atoms in total. The standard InChI is InChI=1S/C19H24N4O6/c24-17(20-28-12-15-8-9-21(15)19(26)27)16-7-6-14-10-22(16)18(25)23(14)29-11-13-4-2-1-3-5-13/h1-5,14-16H,6-12H2,(H,20,24)(H,26,27)/t14-,15+,16+/m1/s1.